The van der Waals surface area contributed by atoms with Crippen molar-refractivity contribution < 1.29 is 14.3 Å². The number of amides is 2. The number of hydrogen-bond donors (Lipinski definition) is 1. The highest BCUT2D eigenvalue weighted by molar-refractivity contribution is 5.82. The van der Waals surface area contributed by atoms with Crippen LogP contribution in [0.25, 0.3) is 0 Å². The zero-order chi connectivity index (χ0) is 12.7. The minimum atomic E-state index is -0.453. The molecule has 0 saturated heterocycles. The average molecular weight is 242 g/mol. The van der Waals surface area contributed by atoms with Gasteiger partial charge in [-0.25, -0.2) is 4.79 Å². The summed E-state index contributed by atoms with van der Waals surface area (Å²) in [5.74, 6) is -0.104. The van der Waals surface area contributed by atoms with E-state index in [2.05, 4.69) is 5.32 Å². The molecule has 1 fully saturated rings. The van der Waals surface area contributed by atoms with Gasteiger partial charge in [0.05, 0.1) is 6.61 Å². The highest BCUT2D eigenvalue weighted by Crippen LogP contribution is 2.17. The minimum Gasteiger partial charge on any atom is -0.450 e. The molecule has 0 unspecified atom stereocenters. The Hall–Kier alpha value is -1.26. The molecule has 1 aliphatic carbocycles. The molecule has 0 aromatic carbocycles. The highest BCUT2D eigenvalue weighted by atomic mass is 16.6. The van der Waals surface area contributed by atoms with Crippen molar-refractivity contribution in [2.24, 2.45) is 0 Å². The topological polar surface area (TPSA) is 58.6 Å². The van der Waals surface area contributed by atoms with Crippen LogP contribution in [0.15, 0.2) is 0 Å². The van der Waals surface area contributed by atoms with Gasteiger partial charge in [-0.05, 0) is 19.8 Å². The summed E-state index contributed by atoms with van der Waals surface area (Å²) in [4.78, 5) is 24.3. The molecule has 1 saturated carbocycles. The number of carbonyl (C=O) groups excluding carboxylic acids is 2. The van der Waals surface area contributed by atoms with Gasteiger partial charge in [-0.15, -0.1) is 0 Å². The van der Waals surface area contributed by atoms with Crippen LogP contribution in [0.1, 0.15) is 39.0 Å². The predicted octanol–water partition coefficient (Wildman–Crippen LogP) is 1.52. The molecule has 1 rings (SSSR count). The van der Waals surface area contributed by atoms with Crippen molar-refractivity contribution in [3.05, 3.63) is 0 Å². The van der Waals surface area contributed by atoms with Crippen molar-refractivity contribution in [1.29, 1.82) is 0 Å². The van der Waals surface area contributed by atoms with Crippen molar-refractivity contribution in [2.45, 2.75) is 45.1 Å². The largest absolute Gasteiger partial charge is 0.450 e. The molecule has 0 aromatic heterocycles. The minimum absolute atomic E-state index is 0.0648. The van der Waals surface area contributed by atoms with Crippen molar-refractivity contribution in [3.63, 3.8) is 0 Å². The molecular formula is C12H22N2O3. The molecule has 0 radical (unpaired) electrons. The van der Waals surface area contributed by atoms with E-state index in [0.29, 0.717) is 6.61 Å². The lowest BCUT2D eigenvalue weighted by molar-refractivity contribution is -0.122. The zero-order valence-corrected chi connectivity index (χ0v) is 10.7. The van der Waals surface area contributed by atoms with Crippen LogP contribution in [0.3, 0.4) is 0 Å². The summed E-state index contributed by atoms with van der Waals surface area (Å²) in [6, 6.07) is 0.284. The number of nitrogens with zero attached hydrogens (tertiary/aromatic N) is 1. The molecule has 17 heavy (non-hydrogen) atoms. The summed E-state index contributed by atoms with van der Waals surface area (Å²) in [5.41, 5.74) is 0. The monoisotopic (exact) mass is 242 g/mol. The van der Waals surface area contributed by atoms with E-state index in [1.807, 2.05) is 0 Å². The lowest BCUT2D eigenvalue weighted by Crippen LogP contribution is -2.43. The summed E-state index contributed by atoms with van der Waals surface area (Å²) in [6.45, 7) is 2.14. The fourth-order valence-electron chi connectivity index (χ4n) is 2.03. The Morgan fingerprint density at radius 3 is 2.53 bits per heavy atom. The first-order valence-corrected chi connectivity index (χ1v) is 6.30. The Morgan fingerprint density at radius 2 is 1.94 bits per heavy atom. The first-order chi connectivity index (χ1) is 8.13. The molecule has 0 aliphatic heterocycles. The smallest absolute Gasteiger partial charge is 0.409 e. The van der Waals surface area contributed by atoms with E-state index in [1.165, 1.54) is 24.2 Å². The maximum Gasteiger partial charge on any atom is 0.409 e. The number of carbonyl (C=O) groups is 2. The first kappa shape index (κ1) is 13.8. The molecule has 0 spiro atoms. The van der Waals surface area contributed by atoms with Crippen LogP contribution >= 0.6 is 0 Å². The van der Waals surface area contributed by atoms with Gasteiger partial charge < -0.3 is 15.0 Å². The third-order valence-electron chi connectivity index (χ3n) is 2.93. The van der Waals surface area contributed by atoms with Gasteiger partial charge in [-0.1, -0.05) is 19.3 Å². The Kier molecular flexibility index (Phi) is 5.80. The van der Waals surface area contributed by atoms with Gasteiger partial charge in [-0.2, -0.15) is 0 Å². The number of rotatable bonds is 4. The molecule has 1 N–H and O–H groups in total. The predicted molar refractivity (Wildman–Crippen MR) is 64.7 cm³/mol. The van der Waals surface area contributed by atoms with Crippen molar-refractivity contribution in [2.75, 3.05) is 20.2 Å². The molecule has 0 heterocycles. The first-order valence-electron chi connectivity index (χ1n) is 6.30. The second-order valence-electron chi connectivity index (χ2n) is 4.46. The van der Waals surface area contributed by atoms with Crippen LogP contribution < -0.4 is 5.32 Å². The van der Waals surface area contributed by atoms with Crippen LogP contribution in [-0.4, -0.2) is 43.1 Å². The Balaban J connectivity index is 2.25. The summed E-state index contributed by atoms with van der Waals surface area (Å²) >= 11 is 0. The van der Waals surface area contributed by atoms with E-state index in [9.17, 15) is 9.59 Å². The van der Waals surface area contributed by atoms with E-state index in [4.69, 9.17) is 4.74 Å². The van der Waals surface area contributed by atoms with E-state index < -0.39 is 6.09 Å². The SMILES string of the molecule is CCOC(=O)N(C)CC(=O)NC1CCCCC1. The fourth-order valence-corrected chi connectivity index (χ4v) is 2.03. The van der Waals surface area contributed by atoms with Crippen LogP contribution in [0.5, 0.6) is 0 Å². The molecule has 5 heteroatoms. The van der Waals surface area contributed by atoms with Gasteiger partial charge in [0, 0.05) is 13.1 Å². The van der Waals surface area contributed by atoms with Gasteiger partial charge >= 0.3 is 6.09 Å². The van der Waals surface area contributed by atoms with E-state index in [1.54, 1.807) is 14.0 Å². The van der Waals surface area contributed by atoms with Gasteiger partial charge in [0.1, 0.15) is 6.54 Å². The van der Waals surface area contributed by atoms with Gasteiger partial charge in [0.2, 0.25) is 5.91 Å². The lowest BCUT2D eigenvalue weighted by Gasteiger charge is -2.24. The number of ether oxygens (including phenoxy) is 1. The molecule has 2 amide bonds. The fraction of sp³-hybridized carbons (Fsp3) is 0.833. The molecule has 0 atom stereocenters. The molecule has 0 aromatic rings. The average Bonchev–Trinajstić information content (AvgIpc) is 2.30. The third-order valence-corrected chi connectivity index (χ3v) is 2.93. The second kappa shape index (κ2) is 7.14. The summed E-state index contributed by atoms with van der Waals surface area (Å²) in [7, 11) is 1.57. The van der Waals surface area contributed by atoms with Crippen LogP contribution in [0.2, 0.25) is 0 Å². The quantitative estimate of drug-likeness (QED) is 0.813. The number of hydrogen-bond acceptors (Lipinski definition) is 3. The molecular weight excluding hydrogens is 220 g/mol. The maximum atomic E-state index is 11.7. The van der Waals surface area contributed by atoms with E-state index in [0.717, 1.165) is 12.8 Å². The van der Waals surface area contributed by atoms with Crippen LogP contribution in [-0.2, 0) is 9.53 Å². The Morgan fingerprint density at radius 1 is 1.29 bits per heavy atom. The Labute approximate surface area is 102 Å². The Bertz CT molecular complexity index is 262. The van der Waals surface area contributed by atoms with E-state index >= 15 is 0 Å². The van der Waals surface area contributed by atoms with Crippen molar-refractivity contribution in [3.8, 4) is 0 Å². The highest BCUT2D eigenvalue weighted by Gasteiger charge is 2.18. The standard InChI is InChI=1S/C12H22N2O3/c1-3-17-12(16)14(2)9-11(15)13-10-7-5-4-6-8-10/h10H,3-9H2,1-2H3,(H,13,15). The number of nitrogens with one attached hydrogen (secondary N) is 1. The summed E-state index contributed by atoms with van der Waals surface area (Å²) in [6.07, 6.45) is 5.27. The van der Waals surface area contributed by atoms with Crippen molar-refractivity contribution >= 4 is 12.0 Å². The lowest BCUT2D eigenvalue weighted by atomic mass is 9.95. The van der Waals surface area contributed by atoms with Gasteiger partial charge in [0.15, 0.2) is 0 Å². The molecule has 0 bridgehead atoms. The second-order valence-corrected chi connectivity index (χ2v) is 4.46. The normalized spacial score (nSPS) is 16.4. The number of likely N-dealkylation sites (N-methyl/N-ethyl adjacent to an activating group) is 1. The van der Waals surface area contributed by atoms with Crippen LogP contribution in [0, 0.1) is 0 Å². The third kappa shape index (κ3) is 5.06. The summed E-state index contributed by atoms with van der Waals surface area (Å²) < 4.78 is 4.80. The molecule has 5 nitrogen and oxygen atoms in total. The van der Waals surface area contributed by atoms with Gasteiger partial charge in [0.25, 0.3) is 0 Å². The summed E-state index contributed by atoms with van der Waals surface area (Å²) in [5, 5.41) is 2.96. The van der Waals surface area contributed by atoms with Crippen LogP contribution in [0.4, 0.5) is 4.79 Å². The molecule has 1 aliphatic rings. The molecule has 98 valence electrons. The zero-order valence-electron chi connectivity index (χ0n) is 10.7. The van der Waals surface area contributed by atoms with Gasteiger partial charge in [-0.3, -0.25) is 4.79 Å². The van der Waals surface area contributed by atoms with E-state index in [-0.39, 0.29) is 18.5 Å². The maximum absolute atomic E-state index is 11.7. The van der Waals surface area contributed by atoms with Crippen molar-refractivity contribution in [1.82, 2.24) is 10.2 Å².